The van der Waals surface area contributed by atoms with Gasteiger partial charge in [0.1, 0.15) is 0 Å². The molecule has 0 N–H and O–H groups in total. The van der Waals surface area contributed by atoms with E-state index in [0.717, 1.165) is 31.4 Å². The number of pyridine rings is 1. The van der Waals surface area contributed by atoms with Crippen molar-refractivity contribution in [1.29, 1.82) is 0 Å². The summed E-state index contributed by atoms with van der Waals surface area (Å²) in [6.45, 7) is 0. The van der Waals surface area contributed by atoms with Crippen molar-refractivity contribution in [3.63, 3.8) is 0 Å². The van der Waals surface area contributed by atoms with Gasteiger partial charge in [-0.25, -0.2) is 0 Å². The van der Waals surface area contributed by atoms with Crippen LogP contribution in [-0.2, 0) is 17.6 Å². The Morgan fingerprint density at radius 2 is 1.65 bits per heavy atom. The van der Waals surface area contributed by atoms with Crippen LogP contribution in [0.15, 0.2) is 60.8 Å². The van der Waals surface area contributed by atoms with E-state index in [1.807, 2.05) is 20.3 Å². The second-order valence-electron chi connectivity index (χ2n) is 6.97. The fourth-order valence-electron chi connectivity index (χ4n) is 3.17. The lowest BCUT2D eigenvalue weighted by Gasteiger charge is -2.10. The number of aryl methyl sites for hydroxylation is 1. The van der Waals surface area contributed by atoms with Crippen molar-refractivity contribution in [2.45, 2.75) is 32.1 Å². The Labute approximate surface area is 155 Å². The summed E-state index contributed by atoms with van der Waals surface area (Å²) in [5.74, 6) is 0.211. The number of nitrogens with zero attached hydrogens (tertiary/aromatic N) is 2. The van der Waals surface area contributed by atoms with Gasteiger partial charge >= 0.3 is 0 Å². The first-order valence-corrected chi connectivity index (χ1v) is 9.24. The van der Waals surface area contributed by atoms with Gasteiger partial charge in [-0.05, 0) is 41.8 Å². The Morgan fingerprint density at radius 1 is 0.923 bits per heavy atom. The summed E-state index contributed by atoms with van der Waals surface area (Å²) in [4.78, 5) is 17.8. The van der Waals surface area contributed by atoms with E-state index in [4.69, 9.17) is 0 Å². The lowest BCUT2D eigenvalue weighted by molar-refractivity contribution is -0.128. The highest BCUT2D eigenvalue weighted by Crippen LogP contribution is 2.19. The number of carbonyl (C=O) groups is 1. The van der Waals surface area contributed by atoms with Gasteiger partial charge in [0.15, 0.2) is 0 Å². The number of benzene rings is 2. The van der Waals surface area contributed by atoms with Gasteiger partial charge in [0.25, 0.3) is 0 Å². The van der Waals surface area contributed by atoms with E-state index in [0.29, 0.717) is 6.42 Å². The largest absolute Gasteiger partial charge is 0.349 e. The van der Waals surface area contributed by atoms with Crippen LogP contribution in [0.5, 0.6) is 0 Å². The first-order valence-electron chi connectivity index (χ1n) is 9.24. The van der Waals surface area contributed by atoms with Gasteiger partial charge in [-0.2, -0.15) is 0 Å². The zero-order valence-electron chi connectivity index (χ0n) is 15.6. The van der Waals surface area contributed by atoms with Crippen LogP contribution in [0.3, 0.4) is 0 Å². The SMILES string of the molecule is CN(C)C(=O)CCCCc1ccc(Cc2nccc3ccccc23)cc1. The summed E-state index contributed by atoms with van der Waals surface area (Å²) in [5, 5.41) is 2.46. The molecule has 0 atom stereocenters. The molecule has 0 saturated heterocycles. The first kappa shape index (κ1) is 18.1. The van der Waals surface area contributed by atoms with Gasteiger partial charge in [-0.3, -0.25) is 9.78 Å². The summed E-state index contributed by atoms with van der Waals surface area (Å²) in [6.07, 6.45) is 6.38. The van der Waals surface area contributed by atoms with Crippen LogP contribution in [0.25, 0.3) is 10.8 Å². The Balaban J connectivity index is 1.57. The summed E-state index contributed by atoms with van der Waals surface area (Å²) in [5.41, 5.74) is 3.73. The zero-order valence-corrected chi connectivity index (χ0v) is 15.6. The van der Waals surface area contributed by atoms with Crippen LogP contribution in [0, 0.1) is 0 Å². The van der Waals surface area contributed by atoms with Crippen LogP contribution in [0.4, 0.5) is 0 Å². The van der Waals surface area contributed by atoms with E-state index in [9.17, 15) is 4.79 Å². The number of rotatable bonds is 7. The molecule has 3 rings (SSSR count). The average molecular weight is 346 g/mol. The Morgan fingerprint density at radius 3 is 2.42 bits per heavy atom. The maximum atomic E-state index is 11.6. The molecule has 0 aliphatic rings. The Hall–Kier alpha value is -2.68. The molecule has 0 aliphatic heterocycles. The Kier molecular flexibility index (Phi) is 6.00. The fraction of sp³-hybridized carbons (Fsp3) is 0.304. The van der Waals surface area contributed by atoms with Crippen molar-refractivity contribution in [3.05, 3.63) is 77.6 Å². The predicted molar refractivity (Wildman–Crippen MR) is 107 cm³/mol. The van der Waals surface area contributed by atoms with Crippen LogP contribution in [0.1, 0.15) is 36.1 Å². The van der Waals surface area contributed by atoms with Crippen molar-refractivity contribution in [2.24, 2.45) is 0 Å². The third-order valence-electron chi connectivity index (χ3n) is 4.76. The summed E-state index contributed by atoms with van der Waals surface area (Å²) in [7, 11) is 3.62. The molecule has 1 aromatic heterocycles. The highest BCUT2D eigenvalue weighted by atomic mass is 16.2. The second-order valence-corrected chi connectivity index (χ2v) is 6.97. The first-order chi connectivity index (χ1) is 12.6. The van der Waals surface area contributed by atoms with Crippen molar-refractivity contribution in [3.8, 4) is 0 Å². The van der Waals surface area contributed by atoms with Gasteiger partial charge in [-0.15, -0.1) is 0 Å². The molecule has 1 amide bonds. The lowest BCUT2D eigenvalue weighted by Crippen LogP contribution is -2.21. The van der Waals surface area contributed by atoms with Gasteiger partial charge in [0, 0.05) is 38.5 Å². The van der Waals surface area contributed by atoms with Crippen molar-refractivity contribution >= 4 is 16.7 Å². The Bertz CT molecular complexity index is 864. The highest BCUT2D eigenvalue weighted by molar-refractivity contribution is 5.84. The molecular formula is C23H26N2O. The molecule has 0 spiro atoms. The number of aromatic nitrogens is 1. The van der Waals surface area contributed by atoms with Gasteiger partial charge in [0.2, 0.25) is 5.91 Å². The fourth-order valence-corrected chi connectivity index (χ4v) is 3.17. The molecule has 0 radical (unpaired) electrons. The monoisotopic (exact) mass is 346 g/mol. The van der Waals surface area contributed by atoms with E-state index in [-0.39, 0.29) is 5.91 Å². The number of unbranched alkanes of at least 4 members (excludes halogenated alkanes) is 1. The van der Waals surface area contributed by atoms with Gasteiger partial charge in [-0.1, -0.05) is 48.5 Å². The van der Waals surface area contributed by atoms with Crippen LogP contribution < -0.4 is 0 Å². The quantitative estimate of drug-likeness (QED) is 0.585. The van der Waals surface area contributed by atoms with Crippen molar-refractivity contribution < 1.29 is 4.79 Å². The minimum absolute atomic E-state index is 0.211. The molecule has 26 heavy (non-hydrogen) atoms. The van der Waals surface area contributed by atoms with Crippen LogP contribution >= 0.6 is 0 Å². The highest BCUT2D eigenvalue weighted by Gasteiger charge is 2.05. The van der Waals surface area contributed by atoms with Gasteiger partial charge < -0.3 is 4.90 Å². The van der Waals surface area contributed by atoms with E-state index < -0.39 is 0 Å². The maximum absolute atomic E-state index is 11.6. The van der Waals surface area contributed by atoms with E-state index in [1.165, 1.54) is 21.9 Å². The third-order valence-corrected chi connectivity index (χ3v) is 4.76. The number of hydrogen-bond acceptors (Lipinski definition) is 2. The van der Waals surface area contributed by atoms with E-state index >= 15 is 0 Å². The molecular weight excluding hydrogens is 320 g/mol. The van der Waals surface area contributed by atoms with E-state index in [2.05, 4.69) is 59.6 Å². The minimum Gasteiger partial charge on any atom is -0.349 e. The van der Waals surface area contributed by atoms with Crippen LogP contribution in [-0.4, -0.2) is 29.9 Å². The molecule has 0 bridgehead atoms. The molecule has 1 heterocycles. The predicted octanol–water partition coefficient (Wildman–Crippen LogP) is 4.63. The maximum Gasteiger partial charge on any atom is 0.222 e. The van der Waals surface area contributed by atoms with Crippen molar-refractivity contribution in [1.82, 2.24) is 9.88 Å². The smallest absolute Gasteiger partial charge is 0.222 e. The molecule has 0 fully saturated rings. The summed E-state index contributed by atoms with van der Waals surface area (Å²) >= 11 is 0. The molecule has 0 aliphatic carbocycles. The molecule has 3 aromatic rings. The molecule has 0 saturated carbocycles. The van der Waals surface area contributed by atoms with Crippen molar-refractivity contribution in [2.75, 3.05) is 14.1 Å². The summed E-state index contributed by atoms with van der Waals surface area (Å²) in [6, 6.07) is 19.3. The number of fused-ring (bicyclic) bond motifs is 1. The number of carbonyl (C=O) groups excluding carboxylic acids is 1. The zero-order chi connectivity index (χ0) is 18.4. The summed E-state index contributed by atoms with van der Waals surface area (Å²) < 4.78 is 0. The molecule has 0 unspecified atom stereocenters. The topological polar surface area (TPSA) is 33.2 Å². The molecule has 3 nitrogen and oxygen atoms in total. The number of hydrogen-bond donors (Lipinski definition) is 0. The molecule has 2 aromatic carbocycles. The van der Waals surface area contributed by atoms with Gasteiger partial charge in [0.05, 0.1) is 5.69 Å². The second kappa shape index (κ2) is 8.61. The average Bonchev–Trinajstić information content (AvgIpc) is 2.66. The third kappa shape index (κ3) is 4.69. The van der Waals surface area contributed by atoms with Crippen LogP contribution in [0.2, 0.25) is 0 Å². The standard InChI is InChI=1S/C23H26N2O/c1-25(2)23(26)10-6-3-7-18-11-13-19(14-12-18)17-22-21-9-5-4-8-20(21)15-16-24-22/h4-5,8-9,11-16H,3,6-7,10,17H2,1-2H3. The number of amides is 1. The lowest BCUT2D eigenvalue weighted by atomic mass is 10.0. The normalized spacial score (nSPS) is 10.8. The minimum atomic E-state index is 0.211. The van der Waals surface area contributed by atoms with E-state index in [1.54, 1.807) is 4.90 Å². The molecule has 3 heteroatoms. The molecule has 134 valence electrons.